The Hall–Kier alpha value is -2.13. The molecule has 19 heavy (non-hydrogen) atoms. The third kappa shape index (κ3) is 3.66. The van der Waals surface area contributed by atoms with Gasteiger partial charge in [-0.1, -0.05) is 42.5 Å². The van der Waals surface area contributed by atoms with Crippen molar-refractivity contribution in [3.05, 3.63) is 65.7 Å². The number of carbonyl (C=O) groups excluding carboxylic acids is 1. The second kappa shape index (κ2) is 6.16. The number of hydrogen-bond acceptors (Lipinski definition) is 3. The number of benzene rings is 2. The van der Waals surface area contributed by atoms with E-state index in [0.717, 1.165) is 5.56 Å². The minimum Gasteiger partial charge on any atom is -0.489 e. The molecule has 3 heteroatoms. The number of ether oxygens (including phenoxy) is 1. The van der Waals surface area contributed by atoms with Gasteiger partial charge in [0.25, 0.3) is 0 Å². The van der Waals surface area contributed by atoms with Crippen molar-refractivity contribution in [3.63, 3.8) is 0 Å². The Morgan fingerprint density at radius 2 is 1.89 bits per heavy atom. The Morgan fingerprint density at radius 1 is 1.16 bits per heavy atom. The zero-order chi connectivity index (χ0) is 13.7. The van der Waals surface area contributed by atoms with Gasteiger partial charge in [-0.05, 0) is 24.6 Å². The molecule has 2 aromatic carbocycles. The summed E-state index contributed by atoms with van der Waals surface area (Å²) in [5, 5.41) is 9.28. The van der Waals surface area contributed by atoms with E-state index in [2.05, 4.69) is 0 Å². The van der Waals surface area contributed by atoms with Crippen LogP contribution in [0, 0.1) is 0 Å². The molecule has 0 spiro atoms. The van der Waals surface area contributed by atoms with E-state index in [-0.39, 0.29) is 5.78 Å². The van der Waals surface area contributed by atoms with Crippen molar-refractivity contribution in [1.82, 2.24) is 0 Å². The molecule has 0 aromatic heterocycles. The lowest BCUT2D eigenvalue weighted by molar-refractivity contribution is 0.0779. The zero-order valence-electron chi connectivity index (χ0n) is 10.7. The van der Waals surface area contributed by atoms with E-state index >= 15 is 0 Å². The van der Waals surface area contributed by atoms with Crippen LogP contribution in [0.25, 0.3) is 0 Å². The maximum atomic E-state index is 11.7. The van der Waals surface area contributed by atoms with Crippen LogP contribution in [-0.2, 0) is 6.61 Å². The molecule has 0 aliphatic heterocycles. The van der Waals surface area contributed by atoms with Crippen LogP contribution in [0.3, 0.4) is 0 Å². The highest BCUT2D eigenvalue weighted by Gasteiger charge is 2.12. The summed E-state index contributed by atoms with van der Waals surface area (Å²) in [7, 11) is 0. The van der Waals surface area contributed by atoms with Crippen LogP contribution in [0.2, 0.25) is 0 Å². The number of aliphatic hydroxyl groups excluding tert-OH is 1. The molecular formula is C16H16O3. The fraction of sp³-hybridized carbons (Fsp3) is 0.188. The van der Waals surface area contributed by atoms with Crippen LogP contribution in [0.4, 0.5) is 0 Å². The molecule has 0 heterocycles. The van der Waals surface area contributed by atoms with Gasteiger partial charge >= 0.3 is 0 Å². The monoisotopic (exact) mass is 256 g/mol. The van der Waals surface area contributed by atoms with Crippen molar-refractivity contribution < 1.29 is 14.6 Å². The first-order valence-electron chi connectivity index (χ1n) is 6.16. The highest BCUT2D eigenvalue weighted by molar-refractivity contribution is 5.99. The average Bonchev–Trinajstić information content (AvgIpc) is 2.45. The van der Waals surface area contributed by atoms with Crippen LogP contribution in [-0.4, -0.2) is 17.0 Å². The Kier molecular flexibility index (Phi) is 4.31. The van der Waals surface area contributed by atoms with Gasteiger partial charge in [0.2, 0.25) is 0 Å². The molecule has 0 saturated carbocycles. The van der Waals surface area contributed by atoms with Crippen molar-refractivity contribution >= 4 is 5.78 Å². The van der Waals surface area contributed by atoms with E-state index in [9.17, 15) is 9.90 Å². The molecular weight excluding hydrogens is 240 g/mol. The van der Waals surface area contributed by atoms with Crippen molar-refractivity contribution in [2.45, 2.75) is 19.6 Å². The molecule has 0 bridgehead atoms. The van der Waals surface area contributed by atoms with Crippen molar-refractivity contribution in [2.75, 3.05) is 0 Å². The first-order valence-corrected chi connectivity index (χ1v) is 6.16. The van der Waals surface area contributed by atoms with Crippen molar-refractivity contribution in [2.24, 2.45) is 0 Å². The van der Waals surface area contributed by atoms with Gasteiger partial charge in [-0.15, -0.1) is 0 Å². The summed E-state index contributed by atoms with van der Waals surface area (Å²) >= 11 is 0. The lowest BCUT2D eigenvalue weighted by Gasteiger charge is -2.08. The number of aliphatic hydroxyl groups is 1. The van der Waals surface area contributed by atoms with Gasteiger partial charge < -0.3 is 9.84 Å². The molecule has 1 N–H and O–H groups in total. The Morgan fingerprint density at radius 3 is 2.58 bits per heavy atom. The van der Waals surface area contributed by atoms with Crippen LogP contribution in [0.1, 0.15) is 22.8 Å². The minimum atomic E-state index is -0.996. The van der Waals surface area contributed by atoms with Gasteiger partial charge in [-0.3, -0.25) is 4.79 Å². The van der Waals surface area contributed by atoms with Gasteiger partial charge in [0.1, 0.15) is 18.5 Å². The summed E-state index contributed by atoms with van der Waals surface area (Å²) in [5.74, 6) is 0.320. The summed E-state index contributed by atoms with van der Waals surface area (Å²) in [4.78, 5) is 11.7. The van der Waals surface area contributed by atoms with E-state index in [1.807, 2.05) is 30.3 Å². The lowest BCUT2D eigenvalue weighted by atomic mass is 10.1. The maximum absolute atomic E-state index is 11.7. The van der Waals surface area contributed by atoms with E-state index < -0.39 is 6.10 Å². The molecule has 0 aliphatic rings. The van der Waals surface area contributed by atoms with Gasteiger partial charge in [0.05, 0.1) is 0 Å². The van der Waals surface area contributed by atoms with Crippen molar-refractivity contribution in [1.29, 1.82) is 0 Å². The summed E-state index contributed by atoms with van der Waals surface area (Å²) in [6, 6.07) is 16.7. The molecule has 2 aromatic rings. The van der Waals surface area contributed by atoms with E-state index in [1.165, 1.54) is 6.92 Å². The van der Waals surface area contributed by atoms with Gasteiger partial charge in [-0.2, -0.15) is 0 Å². The van der Waals surface area contributed by atoms with E-state index in [4.69, 9.17) is 4.74 Å². The summed E-state index contributed by atoms with van der Waals surface area (Å²) in [6.45, 7) is 1.91. The second-order valence-corrected chi connectivity index (χ2v) is 4.34. The topological polar surface area (TPSA) is 46.5 Å². The highest BCUT2D eigenvalue weighted by Crippen LogP contribution is 2.16. The fourth-order valence-corrected chi connectivity index (χ4v) is 1.72. The van der Waals surface area contributed by atoms with Crippen molar-refractivity contribution in [3.8, 4) is 5.75 Å². The quantitative estimate of drug-likeness (QED) is 0.837. The van der Waals surface area contributed by atoms with E-state index in [1.54, 1.807) is 24.3 Å². The molecule has 0 aliphatic carbocycles. The number of hydrogen-bond donors (Lipinski definition) is 1. The highest BCUT2D eigenvalue weighted by atomic mass is 16.5. The van der Waals surface area contributed by atoms with Gasteiger partial charge in [0.15, 0.2) is 5.78 Å². The first kappa shape index (κ1) is 13.3. The SMILES string of the molecule is C[C@H](O)C(=O)c1cccc(OCc2ccccc2)c1. The largest absolute Gasteiger partial charge is 0.489 e. The number of ketones is 1. The number of Topliss-reactive ketones (excluding diaryl/α,β-unsaturated/α-hetero) is 1. The zero-order valence-corrected chi connectivity index (χ0v) is 10.7. The number of carbonyl (C=O) groups is 1. The molecule has 0 saturated heterocycles. The number of rotatable bonds is 5. The fourth-order valence-electron chi connectivity index (χ4n) is 1.72. The second-order valence-electron chi connectivity index (χ2n) is 4.34. The van der Waals surface area contributed by atoms with Crippen LogP contribution in [0.15, 0.2) is 54.6 Å². The lowest BCUT2D eigenvalue weighted by Crippen LogP contribution is -2.15. The standard InChI is InChI=1S/C16H16O3/c1-12(17)16(18)14-8-5-9-15(10-14)19-11-13-6-3-2-4-7-13/h2-10,12,17H,11H2,1H3/t12-/m0/s1. The Balaban J connectivity index is 2.05. The first-order chi connectivity index (χ1) is 9.16. The Bertz CT molecular complexity index is 547. The van der Waals surface area contributed by atoms with Gasteiger partial charge in [-0.25, -0.2) is 0 Å². The summed E-state index contributed by atoms with van der Waals surface area (Å²) in [5.41, 5.74) is 1.52. The molecule has 0 amide bonds. The molecule has 0 fully saturated rings. The summed E-state index contributed by atoms with van der Waals surface area (Å²) < 4.78 is 5.63. The Labute approximate surface area is 112 Å². The molecule has 1 atom stereocenters. The molecule has 3 nitrogen and oxygen atoms in total. The molecule has 98 valence electrons. The smallest absolute Gasteiger partial charge is 0.191 e. The van der Waals surface area contributed by atoms with E-state index in [0.29, 0.717) is 17.9 Å². The normalized spacial score (nSPS) is 11.9. The predicted octanol–water partition coefficient (Wildman–Crippen LogP) is 2.83. The molecule has 2 rings (SSSR count). The molecule has 0 radical (unpaired) electrons. The van der Waals surface area contributed by atoms with Gasteiger partial charge in [0, 0.05) is 5.56 Å². The summed E-state index contributed by atoms with van der Waals surface area (Å²) in [6.07, 6.45) is -0.996. The van der Waals surface area contributed by atoms with Crippen LogP contribution >= 0.6 is 0 Å². The van der Waals surface area contributed by atoms with Crippen LogP contribution in [0.5, 0.6) is 5.75 Å². The third-order valence-corrected chi connectivity index (χ3v) is 2.75. The minimum absolute atomic E-state index is 0.301. The third-order valence-electron chi connectivity index (χ3n) is 2.75. The molecule has 0 unspecified atom stereocenters. The maximum Gasteiger partial charge on any atom is 0.191 e. The van der Waals surface area contributed by atoms with Crippen LogP contribution < -0.4 is 4.74 Å². The average molecular weight is 256 g/mol. The predicted molar refractivity (Wildman–Crippen MR) is 73.2 cm³/mol.